The van der Waals surface area contributed by atoms with Crippen molar-refractivity contribution in [1.29, 1.82) is 0 Å². The lowest BCUT2D eigenvalue weighted by atomic mass is 9.76. The summed E-state index contributed by atoms with van der Waals surface area (Å²) in [5.74, 6) is 0.788. The number of nitrogens with zero attached hydrogens (tertiary/aromatic N) is 1. The van der Waals surface area contributed by atoms with Crippen molar-refractivity contribution in [3.63, 3.8) is 0 Å². The van der Waals surface area contributed by atoms with Crippen LogP contribution in [-0.2, 0) is 6.54 Å². The highest BCUT2D eigenvalue weighted by Crippen LogP contribution is 2.36. The fourth-order valence-electron chi connectivity index (χ4n) is 2.66. The molecule has 118 valence electrons. The molecule has 21 heavy (non-hydrogen) atoms. The first-order valence-corrected chi connectivity index (χ1v) is 8.69. The number of rotatable bonds is 5. The Morgan fingerprint density at radius 3 is 2.67 bits per heavy atom. The maximum atomic E-state index is 6.20. The van der Waals surface area contributed by atoms with Crippen molar-refractivity contribution in [2.75, 3.05) is 0 Å². The Morgan fingerprint density at radius 1 is 1.38 bits per heavy atom. The van der Waals surface area contributed by atoms with E-state index in [1.165, 1.54) is 12.8 Å². The number of ether oxygens (including phenoxy) is 1. The van der Waals surface area contributed by atoms with Crippen LogP contribution in [0.3, 0.4) is 0 Å². The number of aromatic nitrogens is 1. The van der Waals surface area contributed by atoms with Crippen molar-refractivity contribution in [1.82, 2.24) is 10.3 Å². The second-order valence-corrected chi connectivity index (χ2v) is 8.05. The Labute approximate surface area is 137 Å². The van der Waals surface area contributed by atoms with E-state index in [4.69, 9.17) is 4.74 Å². The van der Waals surface area contributed by atoms with Crippen molar-refractivity contribution in [2.45, 2.75) is 72.1 Å². The topological polar surface area (TPSA) is 34.2 Å². The normalized spacial score (nSPS) is 19.0. The lowest BCUT2D eigenvalue weighted by Gasteiger charge is -2.34. The molecule has 1 aliphatic carbocycles. The van der Waals surface area contributed by atoms with Gasteiger partial charge in [-0.05, 0) is 53.1 Å². The van der Waals surface area contributed by atoms with Gasteiger partial charge in [-0.1, -0.05) is 27.7 Å². The number of hydrogen-bond acceptors (Lipinski definition) is 3. The van der Waals surface area contributed by atoms with Gasteiger partial charge in [0.15, 0.2) is 0 Å². The fourth-order valence-corrected chi connectivity index (χ4v) is 3.04. The molecule has 0 aromatic carbocycles. The Hall–Kier alpha value is -0.610. The quantitative estimate of drug-likeness (QED) is 0.832. The van der Waals surface area contributed by atoms with Gasteiger partial charge in [0, 0.05) is 28.8 Å². The van der Waals surface area contributed by atoms with Crippen LogP contribution in [0, 0.1) is 5.41 Å². The van der Waals surface area contributed by atoms with Gasteiger partial charge in [0.1, 0.15) is 6.10 Å². The van der Waals surface area contributed by atoms with Crippen molar-refractivity contribution in [2.24, 2.45) is 5.41 Å². The molecule has 0 saturated heterocycles. The van der Waals surface area contributed by atoms with Crippen LogP contribution >= 0.6 is 15.9 Å². The molecule has 0 amide bonds. The Balaban J connectivity index is 2.02. The SMILES string of the molecule is CC(C)NCc1cc(Br)cnc1OC1CCC(C)(C)CC1. The van der Waals surface area contributed by atoms with Crippen LogP contribution in [0.15, 0.2) is 16.7 Å². The minimum absolute atomic E-state index is 0.310. The maximum absolute atomic E-state index is 6.20. The Bertz CT molecular complexity index is 464. The van der Waals surface area contributed by atoms with Crippen molar-refractivity contribution < 1.29 is 4.74 Å². The molecule has 0 spiro atoms. The zero-order valence-electron chi connectivity index (χ0n) is 13.6. The molecule has 1 N–H and O–H groups in total. The van der Waals surface area contributed by atoms with Crippen molar-refractivity contribution in [3.8, 4) is 5.88 Å². The smallest absolute Gasteiger partial charge is 0.218 e. The molecule has 1 fully saturated rings. The van der Waals surface area contributed by atoms with Crippen molar-refractivity contribution in [3.05, 3.63) is 22.3 Å². The molecule has 4 heteroatoms. The van der Waals surface area contributed by atoms with Gasteiger partial charge < -0.3 is 10.1 Å². The molecule has 1 saturated carbocycles. The van der Waals surface area contributed by atoms with Crippen LogP contribution in [0.2, 0.25) is 0 Å². The van der Waals surface area contributed by atoms with Gasteiger partial charge in [-0.3, -0.25) is 0 Å². The van der Waals surface area contributed by atoms with E-state index < -0.39 is 0 Å². The molecule has 3 nitrogen and oxygen atoms in total. The molecule has 1 aliphatic rings. The Kier molecular flexibility index (Phi) is 5.67. The summed E-state index contributed by atoms with van der Waals surface area (Å²) >= 11 is 3.50. The largest absolute Gasteiger partial charge is 0.474 e. The van der Waals surface area contributed by atoms with Gasteiger partial charge in [0.05, 0.1) is 0 Å². The number of hydrogen-bond donors (Lipinski definition) is 1. The summed E-state index contributed by atoms with van der Waals surface area (Å²) in [7, 11) is 0. The fraction of sp³-hybridized carbons (Fsp3) is 0.706. The Morgan fingerprint density at radius 2 is 2.05 bits per heavy atom. The lowest BCUT2D eigenvalue weighted by Crippen LogP contribution is -2.29. The number of halogens is 1. The minimum atomic E-state index is 0.310. The summed E-state index contributed by atoms with van der Waals surface area (Å²) in [6, 6.07) is 2.55. The first kappa shape index (κ1) is 16.8. The van der Waals surface area contributed by atoms with Crippen LogP contribution in [0.25, 0.3) is 0 Å². The zero-order chi connectivity index (χ0) is 15.5. The van der Waals surface area contributed by atoms with Crippen LogP contribution in [0.4, 0.5) is 0 Å². The van der Waals surface area contributed by atoms with Crippen LogP contribution in [-0.4, -0.2) is 17.1 Å². The van der Waals surface area contributed by atoms with Gasteiger partial charge in [-0.15, -0.1) is 0 Å². The van der Waals surface area contributed by atoms with E-state index in [-0.39, 0.29) is 0 Å². The molecule has 0 aliphatic heterocycles. The predicted octanol–water partition coefficient (Wildman–Crippen LogP) is 4.69. The summed E-state index contributed by atoms with van der Waals surface area (Å²) in [5, 5.41) is 3.44. The number of pyridine rings is 1. The van der Waals surface area contributed by atoms with Crippen LogP contribution < -0.4 is 10.1 Å². The van der Waals surface area contributed by atoms with E-state index in [0.717, 1.165) is 35.3 Å². The van der Waals surface area contributed by atoms with Gasteiger partial charge in [-0.25, -0.2) is 4.98 Å². The highest BCUT2D eigenvalue weighted by atomic mass is 79.9. The molecule has 0 unspecified atom stereocenters. The average Bonchev–Trinajstić information content (AvgIpc) is 2.41. The van der Waals surface area contributed by atoms with Crippen LogP contribution in [0.1, 0.15) is 58.9 Å². The monoisotopic (exact) mass is 354 g/mol. The van der Waals surface area contributed by atoms with Crippen LogP contribution in [0.5, 0.6) is 5.88 Å². The first-order valence-electron chi connectivity index (χ1n) is 7.90. The summed E-state index contributed by atoms with van der Waals surface area (Å²) in [4.78, 5) is 4.48. The highest BCUT2D eigenvalue weighted by Gasteiger charge is 2.28. The van der Waals surface area contributed by atoms with Gasteiger partial charge in [0.25, 0.3) is 0 Å². The van der Waals surface area contributed by atoms with Gasteiger partial charge in [0.2, 0.25) is 5.88 Å². The van der Waals surface area contributed by atoms with E-state index in [2.05, 4.69) is 60.0 Å². The molecule has 0 bridgehead atoms. The second kappa shape index (κ2) is 7.10. The van der Waals surface area contributed by atoms with E-state index in [1.54, 1.807) is 0 Å². The second-order valence-electron chi connectivity index (χ2n) is 7.13. The molecular formula is C17H27BrN2O. The van der Waals surface area contributed by atoms with Crippen molar-refractivity contribution >= 4 is 15.9 Å². The third-order valence-electron chi connectivity index (χ3n) is 4.16. The van der Waals surface area contributed by atoms with Gasteiger partial charge in [-0.2, -0.15) is 0 Å². The third-order valence-corrected chi connectivity index (χ3v) is 4.59. The molecule has 1 aromatic heterocycles. The average molecular weight is 355 g/mol. The highest BCUT2D eigenvalue weighted by molar-refractivity contribution is 9.10. The molecule has 0 radical (unpaired) electrons. The molecule has 1 aromatic rings. The van der Waals surface area contributed by atoms with E-state index in [0.29, 0.717) is 17.6 Å². The third kappa shape index (κ3) is 5.26. The summed E-state index contributed by atoms with van der Waals surface area (Å²) in [5.41, 5.74) is 1.59. The zero-order valence-corrected chi connectivity index (χ0v) is 15.2. The predicted molar refractivity (Wildman–Crippen MR) is 90.6 cm³/mol. The van der Waals surface area contributed by atoms with E-state index in [1.807, 2.05) is 6.20 Å². The first-order chi connectivity index (χ1) is 9.85. The van der Waals surface area contributed by atoms with E-state index >= 15 is 0 Å². The maximum Gasteiger partial charge on any atom is 0.218 e. The summed E-state index contributed by atoms with van der Waals surface area (Å²) < 4.78 is 7.20. The molecular weight excluding hydrogens is 328 g/mol. The summed E-state index contributed by atoms with van der Waals surface area (Å²) in [6.07, 6.45) is 6.84. The van der Waals surface area contributed by atoms with E-state index in [9.17, 15) is 0 Å². The summed E-state index contributed by atoms with van der Waals surface area (Å²) in [6.45, 7) is 9.78. The molecule has 1 heterocycles. The lowest BCUT2D eigenvalue weighted by molar-refractivity contribution is 0.0938. The minimum Gasteiger partial charge on any atom is -0.474 e. The molecule has 0 atom stereocenters. The number of nitrogens with one attached hydrogen (secondary N) is 1. The van der Waals surface area contributed by atoms with Gasteiger partial charge >= 0.3 is 0 Å². The standard InChI is InChI=1S/C17H27BrN2O/c1-12(2)19-10-13-9-14(18)11-20-16(13)21-15-5-7-17(3,4)8-6-15/h9,11-12,15,19H,5-8,10H2,1-4H3. The molecule has 2 rings (SSSR count).